The smallest absolute Gasteiger partial charge is 0.281 e. The zero-order valence-corrected chi connectivity index (χ0v) is 17.3. The summed E-state index contributed by atoms with van der Waals surface area (Å²) in [5, 5.41) is 4.45. The van der Waals surface area contributed by atoms with Crippen LogP contribution in [0, 0.1) is 17.9 Å². The van der Waals surface area contributed by atoms with Gasteiger partial charge in [0.1, 0.15) is 0 Å². The van der Waals surface area contributed by atoms with Crippen LogP contribution in [0.3, 0.4) is 0 Å². The third-order valence-corrected chi connectivity index (χ3v) is 5.67. The second kappa shape index (κ2) is 8.10. The second-order valence-corrected chi connectivity index (χ2v) is 8.69. The Morgan fingerprint density at radius 2 is 1.70 bits per heavy atom. The maximum absolute atomic E-state index is 13.5. The number of halogens is 3. The lowest BCUT2D eigenvalue weighted by Crippen LogP contribution is -2.28. The highest BCUT2D eigenvalue weighted by atomic mass is 19.4. The topological polar surface area (TPSA) is 38.7 Å². The molecule has 158 valence electrons. The van der Waals surface area contributed by atoms with Gasteiger partial charge < -0.3 is 0 Å². The van der Waals surface area contributed by atoms with Crippen LogP contribution in [0.15, 0.2) is 46.3 Å². The number of pyridine rings is 1. The Balaban J connectivity index is 2.15. The lowest BCUT2D eigenvalue weighted by Gasteiger charge is -2.34. The van der Waals surface area contributed by atoms with Crippen LogP contribution in [0.1, 0.15) is 52.0 Å². The first-order valence-corrected chi connectivity index (χ1v) is 9.89. The highest BCUT2D eigenvalue weighted by Gasteiger charge is 2.37. The van der Waals surface area contributed by atoms with E-state index in [2.05, 4.69) is 30.7 Å². The summed E-state index contributed by atoms with van der Waals surface area (Å²) in [5.74, 6) is 0.521. The summed E-state index contributed by atoms with van der Waals surface area (Å²) in [6.45, 7) is 13.7. The molecule has 0 saturated heterocycles. The fourth-order valence-electron chi connectivity index (χ4n) is 3.89. The van der Waals surface area contributed by atoms with Crippen LogP contribution in [-0.2, 0) is 6.18 Å². The molecule has 1 aromatic carbocycles. The number of hydrogen-bond donors (Lipinski definition) is 0. The number of hydrogen-bond acceptors (Lipinski definition) is 2. The van der Waals surface area contributed by atoms with Crippen LogP contribution in [0.5, 0.6) is 0 Å². The summed E-state index contributed by atoms with van der Waals surface area (Å²) in [7, 11) is 0. The van der Waals surface area contributed by atoms with Gasteiger partial charge in [-0.25, -0.2) is 9.52 Å². The number of alkyl halides is 3. The van der Waals surface area contributed by atoms with Crippen molar-refractivity contribution in [2.75, 3.05) is 0 Å². The summed E-state index contributed by atoms with van der Waals surface area (Å²) in [5.41, 5.74) is -1.81. The zero-order chi connectivity index (χ0) is 22.1. The Hall–Kier alpha value is -2.88. The predicted octanol–water partition coefficient (Wildman–Crippen LogP) is 6.53. The van der Waals surface area contributed by atoms with Gasteiger partial charge in [-0.1, -0.05) is 51.1 Å². The maximum atomic E-state index is 13.5. The molecule has 3 rings (SSSR count). The molecule has 0 N–H and O–H groups in total. The van der Waals surface area contributed by atoms with E-state index in [1.54, 1.807) is 30.3 Å². The van der Waals surface area contributed by atoms with E-state index in [0.717, 1.165) is 29.3 Å². The largest absolute Gasteiger partial charge is 0.407 e. The van der Waals surface area contributed by atoms with Crippen LogP contribution in [0.2, 0.25) is 0 Å². The molecule has 0 spiro atoms. The zero-order valence-electron chi connectivity index (χ0n) is 17.3. The molecule has 1 aliphatic rings. The van der Waals surface area contributed by atoms with Crippen LogP contribution in [-0.4, -0.2) is 10.4 Å². The Labute approximate surface area is 173 Å². The molecular formula is C23H24F3N3O. The molecule has 1 aromatic heterocycles. The van der Waals surface area contributed by atoms with Crippen molar-refractivity contribution in [2.45, 2.75) is 52.6 Å². The van der Waals surface area contributed by atoms with Gasteiger partial charge in [0.15, 0.2) is 0 Å². The van der Waals surface area contributed by atoms with Crippen molar-refractivity contribution >= 4 is 11.4 Å². The standard InChI is InChI=1S/C23H24F3N3O/c1-22(2,3)16-10-12-17(13-11-16)28-29-19(15-8-6-5-7-9-15)14-18(23(24,25)26)20(27-4)21(29)30/h5-9,14,16H,10-13H2,1-3H3. The molecule has 0 aliphatic heterocycles. The molecule has 1 aliphatic carbocycles. The SMILES string of the molecule is [C-]#[N+]c1c(C(F)(F)F)cc(-c2ccccc2)n(N=C2CCC(C(C)(C)C)CC2)c1=O. The summed E-state index contributed by atoms with van der Waals surface area (Å²) in [6.07, 6.45) is -1.63. The van der Waals surface area contributed by atoms with Crippen molar-refractivity contribution < 1.29 is 13.2 Å². The average molecular weight is 415 g/mol. The molecule has 30 heavy (non-hydrogen) atoms. The molecule has 7 heteroatoms. The third-order valence-electron chi connectivity index (χ3n) is 5.67. The molecular weight excluding hydrogens is 391 g/mol. The van der Waals surface area contributed by atoms with Gasteiger partial charge in [-0.2, -0.15) is 18.3 Å². The van der Waals surface area contributed by atoms with Gasteiger partial charge in [-0.05, 0) is 43.1 Å². The molecule has 0 atom stereocenters. The fraction of sp³-hybridized carbons (Fsp3) is 0.435. The lowest BCUT2D eigenvalue weighted by molar-refractivity contribution is -0.136. The minimum atomic E-state index is -4.81. The van der Waals surface area contributed by atoms with Crippen molar-refractivity contribution in [3.05, 3.63) is 63.7 Å². The first kappa shape index (κ1) is 21.8. The van der Waals surface area contributed by atoms with E-state index in [1.165, 1.54) is 0 Å². The van der Waals surface area contributed by atoms with Crippen molar-refractivity contribution in [2.24, 2.45) is 16.4 Å². The number of benzene rings is 1. The third kappa shape index (κ3) is 4.48. The van der Waals surface area contributed by atoms with E-state index >= 15 is 0 Å². The second-order valence-electron chi connectivity index (χ2n) is 8.69. The first-order valence-electron chi connectivity index (χ1n) is 9.89. The van der Waals surface area contributed by atoms with Crippen molar-refractivity contribution in [3.63, 3.8) is 0 Å². The molecule has 2 aromatic rings. The molecule has 4 nitrogen and oxygen atoms in total. The predicted molar refractivity (Wildman–Crippen MR) is 112 cm³/mol. The number of nitrogens with zero attached hydrogens (tertiary/aromatic N) is 3. The monoisotopic (exact) mass is 415 g/mol. The highest BCUT2D eigenvalue weighted by molar-refractivity contribution is 5.85. The molecule has 0 unspecified atom stereocenters. The van der Waals surface area contributed by atoms with Crippen LogP contribution in [0.25, 0.3) is 16.1 Å². The molecule has 0 bridgehead atoms. The first-order chi connectivity index (χ1) is 14.0. The van der Waals surface area contributed by atoms with Gasteiger partial charge in [-0.3, -0.25) is 4.79 Å². The average Bonchev–Trinajstić information content (AvgIpc) is 2.68. The van der Waals surface area contributed by atoms with Gasteiger partial charge in [-0.15, -0.1) is 0 Å². The van der Waals surface area contributed by atoms with Gasteiger partial charge in [0.25, 0.3) is 11.2 Å². The summed E-state index contributed by atoms with van der Waals surface area (Å²) < 4.78 is 41.6. The number of rotatable bonds is 2. The maximum Gasteiger partial charge on any atom is 0.407 e. The van der Waals surface area contributed by atoms with E-state index in [1.807, 2.05) is 0 Å². The summed E-state index contributed by atoms with van der Waals surface area (Å²) in [6, 6.07) is 9.21. The van der Waals surface area contributed by atoms with Crippen LogP contribution < -0.4 is 5.56 Å². The highest BCUT2D eigenvalue weighted by Crippen LogP contribution is 2.38. The molecule has 1 heterocycles. The summed E-state index contributed by atoms with van der Waals surface area (Å²) in [4.78, 5) is 15.8. The molecule has 0 radical (unpaired) electrons. The normalized spacial score (nSPS) is 17.5. The minimum absolute atomic E-state index is 0.0331. The minimum Gasteiger partial charge on any atom is -0.281 e. The Morgan fingerprint density at radius 1 is 1.10 bits per heavy atom. The quantitative estimate of drug-likeness (QED) is 0.514. The summed E-state index contributed by atoms with van der Waals surface area (Å²) >= 11 is 0. The van der Waals surface area contributed by atoms with E-state index in [-0.39, 0.29) is 11.1 Å². The Kier molecular flexibility index (Phi) is 5.89. The lowest BCUT2D eigenvalue weighted by atomic mass is 9.72. The van der Waals surface area contributed by atoms with Crippen LogP contribution >= 0.6 is 0 Å². The number of aromatic nitrogens is 1. The molecule has 1 saturated carbocycles. The Morgan fingerprint density at radius 3 is 2.20 bits per heavy atom. The molecule has 0 amide bonds. The van der Waals surface area contributed by atoms with Gasteiger partial charge in [0.05, 0.1) is 17.8 Å². The van der Waals surface area contributed by atoms with Gasteiger partial charge in [0, 0.05) is 11.3 Å². The van der Waals surface area contributed by atoms with Crippen molar-refractivity contribution in [1.29, 1.82) is 0 Å². The van der Waals surface area contributed by atoms with E-state index in [4.69, 9.17) is 6.57 Å². The van der Waals surface area contributed by atoms with Crippen molar-refractivity contribution in [3.8, 4) is 11.3 Å². The molecule has 1 fully saturated rings. The fourth-order valence-corrected chi connectivity index (χ4v) is 3.89. The van der Waals surface area contributed by atoms with E-state index in [0.29, 0.717) is 24.3 Å². The van der Waals surface area contributed by atoms with Gasteiger partial charge in [0.2, 0.25) is 0 Å². The van der Waals surface area contributed by atoms with E-state index in [9.17, 15) is 18.0 Å². The Bertz CT molecular complexity index is 1040. The van der Waals surface area contributed by atoms with Crippen LogP contribution in [0.4, 0.5) is 18.9 Å². The van der Waals surface area contributed by atoms with Gasteiger partial charge >= 0.3 is 6.18 Å². The van der Waals surface area contributed by atoms with Crippen molar-refractivity contribution in [1.82, 2.24) is 4.68 Å². The van der Waals surface area contributed by atoms with E-state index < -0.39 is 23.0 Å².